The first-order valence-corrected chi connectivity index (χ1v) is 6.77. The van der Waals surface area contributed by atoms with Crippen molar-refractivity contribution in [2.45, 2.75) is 19.3 Å². The van der Waals surface area contributed by atoms with E-state index in [0.717, 1.165) is 10.0 Å². The molecule has 100 valence electrons. The molecule has 0 amide bonds. The van der Waals surface area contributed by atoms with Gasteiger partial charge < -0.3 is 4.74 Å². The zero-order valence-electron chi connectivity index (χ0n) is 10.9. The van der Waals surface area contributed by atoms with Crippen molar-refractivity contribution in [2.75, 3.05) is 6.61 Å². The summed E-state index contributed by atoms with van der Waals surface area (Å²) in [5.41, 5.74) is 0.827. The molecule has 0 saturated heterocycles. The van der Waals surface area contributed by atoms with Crippen LogP contribution in [0, 0.1) is 5.82 Å². The highest BCUT2D eigenvalue weighted by Gasteiger charge is 2.21. The average molecular weight is 324 g/mol. The van der Waals surface area contributed by atoms with E-state index in [1.165, 1.54) is 12.1 Å². The molecule has 0 saturated carbocycles. The second-order valence-electron chi connectivity index (χ2n) is 4.99. The topological polar surface area (TPSA) is 22.1 Å². The minimum Gasteiger partial charge on any atom is -0.477 e. The van der Waals surface area contributed by atoms with Gasteiger partial charge >= 0.3 is 0 Å². The Hall–Kier alpha value is -1.42. The molecule has 0 aliphatic rings. The zero-order valence-corrected chi connectivity index (χ0v) is 12.4. The van der Waals surface area contributed by atoms with E-state index in [-0.39, 0.29) is 11.2 Å². The number of aromatic nitrogens is 1. The normalized spacial score (nSPS) is 11.4. The average Bonchev–Trinajstić information content (AvgIpc) is 2.39. The van der Waals surface area contributed by atoms with Gasteiger partial charge in [0.25, 0.3) is 0 Å². The number of hydrogen-bond acceptors (Lipinski definition) is 2. The molecule has 0 radical (unpaired) electrons. The number of hydrogen-bond donors (Lipinski definition) is 0. The van der Waals surface area contributed by atoms with Gasteiger partial charge in [-0.1, -0.05) is 26.0 Å². The first kappa shape index (κ1) is 14.0. The van der Waals surface area contributed by atoms with Crippen LogP contribution in [0.1, 0.15) is 19.4 Å². The van der Waals surface area contributed by atoms with Gasteiger partial charge in [0.1, 0.15) is 5.82 Å². The van der Waals surface area contributed by atoms with Crippen molar-refractivity contribution in [1.29, 1.82) is 0 Å². The Morgan fingerprint density at radius 1 is 1.16 bits per heavy atom. The largest absolute Gasteiger partial charge is 0.477 e. The third-order valence-electron chi connectivity index (χ3n) is 2.91. The lowest BCUT2D eigenvalue weighted by Gasteiger charge is -2.25. The van der Waals surface area contributed by atoms with Crippen molar-refractivity contribution < 1.29 is 9.13 Å². The van der Waals surface area contributed by atoms with Gasteiger partial charge in [-0.15, -0.1) is 0 Å². The van der Waals surface area contributed by atoms with Gasteiger partial charge in [-0.3, -0.25) is 0 Å². The molecule has 2 nitrogen and oxygen atoms in total. The molecule has 0 N–H and O–H groups in total. The highest BCUT2D eigenvalue weighted by Crippen LogP contribution is 2.24. The Bertz CT molecular complexity index is 537. The molecule has 2 rings (SSSR count). The number of rotatable bonds is 4. The minimum absolute atomic E-state index is 0.206. The molecular formula is C15H15BrFNO. The number of ether oxygens (including phenoxy) is 1. The van der Waals surface area contributed by atoms with Crippen LogP contribution in [0.3, 0.4) is 0 Å². The molecule has 0 aliphatic carbocycles. The van der Waals surface area contributed by atoms with E-state index in [9.17, 15) is 4.39 Å². The van der Waals surface area contributed by atoms with Gasteiger partial charge in [0.2, 0.25) is 5.88 Å². The molecule has 0 fully saturated rings. The maximum Gasteiger partial charge on any atom is 0.213 e. The predicted molar refractivity (Wildman–Crippen MR) is 76.9 cm³/mol. The molecule has 0 aliphatic heterocycles. The fraction of sp³-hybridized carbons (Fsp3) is 0.267. The maximum absolute atomic E-state index is 12.9. The summed E-state index contributed by atoms with van der Waals surface area (Å²) in [7, 11) is 0. The lowest BCUT2D eigenvalue weighted by atomic mass is 9.85. The lowest BCUT2D eigenvalue weighted by molar-refractivity contribution is 0.232. The summed E-state index contributed by atoms with van der Waals surface area (Å²) in [6, 6.07) is 10.2. The summed E-state index contributed by atoms with van der Waals surface area (Å²) in [5, 5.41) is 0. The lowest BCUT2D eigenvalue weighted by Crippen LogP contribution is -2.26. The van der Waals surface area contributed by atoms with Crippen LogP contribution in [0.2, 0.25) is 0 Å². The van der Waals surface area contributed by atoms with Crippen LogP contribution in [-0.4, -0.2) is 11.6 Å². The summed E-state index contributed by atoms with van der Waals surface area (Å²) < 4.78 is 19.5. The first-order chi connectivity index (χ1) is 8.97. The summed E-state index contributed by atoms with van der Waals surface area (Å²) in [5.74, 6) is 0.355. The predicted octanol–water partition coefficient (Wildman–Crippen LogP) is 4.34. The first-order valence-electron chi connectivity index (χ1n) is 5.98. The van der Waals surface area contributed by atoms with Crippen LogP contribution in [0.15, 0.2) is 47.1 Å². The van der Waals surface area contributed by atoms with Crippen molar-refractivity contribution in [1.82, 2.24) is 4.98 Å². The monoisotopic (exact) mass is 323 g/mol. The molecule has 1 heterocycles. The van der Waals surface area contributed by atoms with Crippen molar-refractivity contribution in [3.8, 4) is 5.88 Å². The van der Waals surface area contributed by atoms with E-state index in [1.807, 2.05) is 12.1 Å². The number of pyridine rings is 1. The second kappa shape index (κ2) is 5.70. The molecule has 0 unspecified atom stereocenters. The molecule has 4 heteroatoms. The van der Waals surface area contributed by atoms with Crippen LogP contribution < -0.4 is 4.74 Å². The number of nitrogens with zero attached hydrogens (tertiary/aromatic N) is 1. The standard InChI is InChI=1S/C15H15BrFNO/c1-15(2,11-3-6-13(17)7-4-11)10-19-14-8-5-12(16)9-18-14/h3-9H,10H2,1-2H3. The molecular weight excluding hydrogens is 309 g/mol. The molecule has 19 heavy (non-hydrogen) atoms. The Kier molecular flexibility index (Phi) is 4.20. The van der Waals surface area contributed by atoms with Gasteiger partial charge in [0.05, 0.1) is 6.61 Å². The van der Waals surface area contributed by atoms with E-state index < -0.39 is 0 Å². The Morgan fingerprint density at radius 3 is 2.42 bits per heavy atom. The van der Waals surface area contributed by atoms with Crippen LogP contribution in [0.25, 0.3) is 0 Å². The van der Waals surface area contributed by atoms with Crippen molar-refractivity contribution >= 4 is 15.9 Å². The maximum atomic E-state index is 12.9. The van der Waals surface area contributed by atoms with Gasteiger partial charge in [0.15, 0.2) is 0 Å². The van der Waals surface area contributed by atoms with Crippen LogP contribution >= 0.6 is 15.9 Å². The molecule has 0 spiro atoms. The minimum atomic E-state index is -0.227. The summed E-state index contributed by atoms with van der Waals surface area (Å²) in [6.07, 6.45) is 1.69. The highest BCUT2D eigenvalue weighted by molar-refractivity contribution is 9.10. The van der Waals surface area contributed by atoms with E-state index in [4.69, 9.17) is 4.74 Å². The van der Waals surface area contributed by atoms with E-state index in [1.54, 1.807) is 18.3 Å². The van der Waals surface area contributed by atoms with Crippen LogP contribution in [0.5, 0.6) is 5.88 Å². The molecule has 1 aromatic carbocycles. The summed E-state index contributed by atoms with van der Waals surface area (Å²) in [6.45, 7) is 4.59. The molecule has 1 aromatic heterocycles. The Morgan fingerprint density at radius 2 is 1.84 bits per heavy atom. The third kappa shape index (κ3) is 3.77. The van der Waals surface area contributed by atoms with Crippen LogP contribution in [-0.2, 0) is 5.41 Å². The molecule has 2 aromatic rings. The third-order valence-corrected chi connectivity index (χ3v) is 3.38. The zero-order chi connectivity index (χ0) is 13.9. The SMILES string of the molecule is CC(C)(COc1ccc(Br)cn1)c1ccc(F)cc1. The molecule has 0 atom stereocenters. The number of halogens is 2. The van der Waals surface area contributed by atoms with Crippen molar-refractivity contribution in [2.24, 2.45) is 0 Å². The fourth-order valence-corrected chi connectivity index (χ4v) is 1.92. The van der Waals surface area contributed by atoms with Gasteiger partial charge in [-0.05, 0) is 39.7 Å². The van der Waals surface area contributed by atoms with Gasteiger partial charge in [-0.25, -0.2) is 9.37 Å². The summed E-state index contributed by atoms with van der Waals surface area (Å²) in [4.78, 5) is 4.16. The van der Waals surface area contributed by atoms with Crippen molar-refractivity contribution in [3.05, 3.63) is 58.4 Å². The fourth-order valence-electron chi connectivity index (χ4n) is 1.69. The smallest absolute Gasteiger partial charge is 0.213 e. The highest BCUT2D eigenvalue weighted by atomic mass is 79.9. The van der Waals surface area contributed by atoms with E-state index in [2.05, 4.69) is 34.8 Å². The van der Waals surface area contributed by atoms with E-state index >= 15 is 0 Å². The van der Waals surface area contributed by atoms with Gasteiger partial charge in [-0.2, -0.15) is 0 Å². The number of benzene rings is 1. The Labute approximate surface area is 120 Å². The second-order valence-corrected chi connectivity index (χ2v) is 5.91. The summed E-state index contributed by atoms with van der Waals surface area (Å²) >= 11 is 3.33. The quantitative estimate of drug-likeness (QED) is 0.835. The molecule has 0 bridgehead atoms. The Balaban J connectivity index is 2.04. The van der Waals surface area contributed by atoms with Gasteiger partial charge in [0, 0.05) is 22.2 Å². The van der Waals surface area contributed by atoms with E-state index in [0.29, 0.717) is 12.5 Å². The van der Waals surface area contributed by atoms with Crippen molar-refractivity contribution in [3.63, 3.8) is 0 Å². The van der Waals surface area contributed by atoms with Crippen LogP contribution in [0.4, 0.5) is 4.39 Å².